The SMILES string of the molecule is CCC(CSC)NC1CCS(=O)CC1. The number of rotatable bonds is 5. The summed E-state index contributed by atoms with van der Waals surface area (Å²) in [6.07, 6.45) is 5.54. The van der Waals surface area contributed by atoms with Gasteiger partial charge in [-0.2, -0.15) is 11.8 Å². The number of hydrogen-bond acceptors (Lipinski definition) is 3. The van der Waals surface area contributed by atoms with Crippen LogP contribution in [0.4, 0.5) is 0 Å². The quantitative estimate of drug-likeness (QED) is 0.785. The fraction of sp³-hybridized carbons (Fsp3) is 1.00. The Hall–Kier alpha value is 0.460. The maximum Gasteiger partial charge on any atom is 0.0249 e. The van der Waals surface area contributed by atoms with Crippen LogP contribution in [0.3, 0.4) is 0 Å². The molecule has 0 spiro atoms. The molecule has 0 aromatic rings. The van der Waals surface area contributed by atoms with Crippen molar-refractivity contribution in [2.45, 2.75) is 38.3 Å². The molecule has 2 nitrogen and oxygen atoms in total. The first-order valence-electron chi connectivity index (χ1n) is 5.36. The van der Waals surface area contributed by atoms with E-state index in [2.05, 4.69) is 18.5 Å². The topological polar surface area (TPSA) is 29.1 Å². The van der Waals surface area contributed by atoms with E-state index in [1.54, 1.807) is 0 Å². The second kappa shape index (κ2) is 6.85. The Balaban J connectivity index is 2.24. The molecule has 1 unspecified atom stereocenters. The fourth-order valence-electron chi connectivity index (χ4n) is 1.78. The van der Waals surface area contributed by atoms with Crippen LogP contribution in [0.2, 0.25) is 0 Å². The van der Waals surface area contributed by atoms with Crippen LogP contribution in [0.1, 0.15) is 26.2 Å². The van der Waals surface area contributed by atoms with Crippen molar-refractivity contribution in [3.8, 4) is 0 Å². The number of hydrogen-bond donors (Lipinski definition) is 1. The van der Waals surface area contributed by atoms with Crippen LogP contribution >= 0.6 is 11.8 Å². The monoisotopic (exact) mass is 235 g/mol. The average molecular weight is 235 g/mol. The third-order valence-corrected chi connectivity index (χ3v) is 4.84. The van der Waals surface area contributed by atoms with Gasteiger partial charge in [0.05, 0.1) is 0 Å². The van der Waals surface area contributed by atoms with Crippen molar-refractivity contribution in [3.63, 3.8) is 0 Å². The molecular weight excluding hydrogens is 214 g/mol. The lowest BCUT2D eigenvalue weighted by molar-refractivity contribution is 0.416. The fourth-order valence-corrected chi connectivity index (χ4v) is 3.81. The highest BCUT2D eigenvalue weighted by atomic mass is 32.2. The minimum absolute atomic E-state index is 0.527. The van der Waals surface area contributed by atoms with Gasteiger partial charge in [-0.3, -0.25) is 4.21 Å². The summed E-state index contributed by atoms with van der Waals surface area (Å²) in [6.45, 7) is 2.23. The Kier molecular flexibility index (Phi) is 6.13. The second-order valence-corrected chi connectivity index (χ2v) is 6.46. The Bertz CT molecular complexity index is 177. The van der Waals surface area contributed by atoms with Crippen molar-refractivity contribution in [2.75, 3.05) is 23.5 Å². The molecular formula is C10H21NOS2. The predicted molar refractivity (Wildman–Crippen MR) is 66.5 cm³/mol. The molecule has 14 heavy (non-hydrogen) atoms. The van der Waals surface area contributed by atoms with Crippen molar-refractivity contribution in [3.05, 3.63) is 0 Å². The molecule has 1 aliphatic rings. The summed E-state index contributed by atoms with van der Waals surface area (Å²) in [7, 11) is -0.527. The van der Waals surface area contributed by atoms with Gasteiger partial charge in [-0.25, -0.2) is 0 Å². The minimum atomic E-state index is -0.527. The van der Waals surface area contributed by atoms with Crippen molar-refractivity contribution < 1.29 is 4.21 Å². The van der Waals surface area contributed by atoms with Gasteiger partial charge in [0.2, 0.25) is 0 Å². The minimum Gasteiger partial charge on any atom is -0.310 e. The zero-order chi connectivity index (χ0) is 10.4. The number of nitrogens with one attached hydrogen (secondary N) is 1. The number of thioether (sulfide) groups is 1. The van der Waals surface area contributed by atoms with Crippen LogP contribution in [-0.4, -0.2) is 39.8 Å². The summed E-state index contributed by atoms with van der Waals surface area (Å²) in [4.78, 5) is 0. The summed E-state index contributed by atoms with van der Waals surface area (Å²) in [6, 6.07) is 1.26. The zero-order valence-corrected chi connectivity index (χ0v) is 10.8. The van der Waals surface area contributed by atoms with E-state index in [0.717, 1.165) is 24.3 Å². The lowest BCUT2D eigenvalue weighted by atomic mass is 10.1. The van der Waals surface area contributed by atoms with E-state index in [1.807, 2.05) is 11.8 Å². The van der Waals surface area contributed by atoms with E-state index in [4.69, 9.17) is 0 Å². The van der Waals surface area contributed by atoms with Gasteiger partial charge in [0, 0.05) is 40.1 Å². The molecule has 0 saturated carbocycles. The molecule has 1 saturated heterocycles. The maximum atomic E-state index is 11.2. The molecule has 1 atom stereocenters. The standard InChI is InChI=1S/C10H21NOS2/c1-3-9(8-13-2)11-10-4-6-14(12)7-5-10/h9-11H,3-8H2,1-2H3. The molecule has 1 aliphatic heterocycles. The third-order valence-electron chi connectivity index (χ3n) is 2.72. The van der Waals surface area contributed by atoms with Crippen molar-refractivity contribution >= 4 is 22.6 Å². The van der Waals surface area contributed by atoms with Crippen LogP contribution in [0.15, 0.2) is 0 Å². The van der Waals surface area contributed by atoms with E-state index in [9.17, 15) is 4.21 Å². The Labute approximate surface area is 94.1 Å². The van der Waals surface area contributed by atoms with Crippen molar-refractivity contribution in [1.29, 1.82) is 0 Å². The van der Waals surface area contributed by atoms with Gasteiger partial charge >= 0.3 is 0 Å². The van der Waals surface area contributed by atoms with Crippen LogP contribution in [0.25, 0.3) is 0 Å². The lowest BCUT2D eigenvalue weighted by Crippen LogP contribution is -2.43. The summed E-state index contributed by atoms with van der Waals surface area (Å²) in [5.74, 6) is 2.98. The van der Waals surface area contributed by atoms with Gasteiger partial charge in [-0.15, -0.1) is 0 Å². The molecule has 1 rings (SSSR count). The van der Waals surface area contributed by atoms with Gasteiger partial charge in [-0.1, -0.05) is 6.92 Å². The largest absolute Gasteiger partial charge is 0.310 e. The van der Waals surface area contributed by atoms with E-state index in [0.29, 0.717) is 12.1 Å². The first kappa shape index (κ1) is 12.5. The Morgan fingerprint density at radius 1 is 1.50 bits per heavy atom. The molecule has 0 aromatic carbocycles. The van der Waals surface area contributed by atoms with E-state index in [1.165, 1.54) is 12.2 Å². The predicted octanol–water partition coefficient (Wildman–Crippen LogP) is 1.63. The highest BCUT2D eigenvalue weighted by Gasteiger charge is 2.19. The smallest absolute Gasteiger partial charge is 0.0249 e. The average Bonchev–Trinajstić information content (AvgIpc) is 2.20. The lowest BCUT2D eigenvalue weighted by Gasteiger charge is -2.27. The van der Waals surface area contributed by atoms with E-state index in [-0.39, 0.29) is 0 Å². The molecule has 1 heterocycles. The van der Waals surface area contributed by atoms with Gasteiger partial charge in [0.25, 0.3) is 0 Å². The summed E-state index contributed by atoms with van der Waals surface area (Å²) in [5, 5.41) is 3.67. The molecule has 0 amide bonds. The first-order valence-corrected chi connectivity index (χ1v) is 8.24. The molecule has 0 bridgehead atoms. The molecule has 1 fully saturated rings. The van der Waals surface area contributed by atoms with Gasteiger partial charge < -0.3 is 5.32 Å². The molecule has 1 N–H and O–H groups in total. The molecule has 0 aromatic heterocycles. The molecule has 0 aliphatic carbocycles. The maximum absolute atomic E-state index is 11.2. The van der Waals surface area contributed by atoms with Gasteiger partial charge in [0.15, 0.2) is 0 Å². The first-order chi connectivity index (χ1) is 6.76. The highest BCUT2D eigenvalue weighted by molar-refractivity contribution is 7.98. The summed E-state index contributed by atoms with van der Waals surface area (Å²) < 4.78 is 11.2. The molecule has 4 heteroatoms. The van der Waals surface area contributed by atoms with Crippen LogP contribution in [0, 0.1) is 0 Å². The summed E-state index contributed by atoms with van der Waals surface area (Å²) >= 11 is 1.90. The zero-order valence-electron chi connectivity index (χ0n) is 9.12. The van der Waals surface area contributed by atoms with Crippen molar-refractivity contribution in [1.82, 2.24) is 5.32 Å². The Morgan fingerprint density at radius 3 is 2.64 bits per heavy atom. The second-order valence-electron chi connectivity index (χ2n) is 3.85. The van der Waals surface area contributed by atoms with Gasteiger partial charge in [0.1, 0.15) is 0 Å². The Morgan fingerprint density at radius 2 is 2.14 bits per heavy atom. The van der Waals surface area contributed by atoms with E-state index >= 15 is 0 Å². The molecule has 84 valence electrons. The summed E-state index contributed by atoms with van der Waals surface area (Å²) in [5.41, 5.74) is 0. The van der Waals surface area contributed by atoms with Gasteiger partial charge in [-0.05, 0) is 25.5 Å². The third kappa shape index (κ3) is 4.32. The molecule has 0 radical (unpaired) electrons. The highest BCUT2D eigenvalue weighted by Crippen LogP contribution is 2.12. The van der Waals surface area contributed by atoms with Crippen LogP contribution < -0.4 is 5.32 Å². The van der Waals surface area contributed by atoms with Crippen molar-refractivity contribution in [2.24, 2.45) is 0 Å². The van der Waals surface area contributed by atoms with Crippen LogP contribution in [-0.2, 0) is 10.8 Å². The van der Waals surface area contributed by atoms with Crippen LogP contribution in [0.5, 0.6) is 0 Å². The van der Waals surface area contributed by atoms with E-state index < -0.39 is 10.8 Å². The normalized spacial score (nSPS) is 30.1.